The van der Waals surface area contributed by atoms with Gasteiger partial charge >= 0.3 is 0 Å². The van der Waals surface area contributed by atoms with Gasteiger partial charge in [-0.3, -0.25) is 0 Å². The summed E-state index contributed by atoms with van der Waals surface area (Å²) in [7, 11) is 1.67. The van der Waals surface area contributed by atoms with Crippen LogP contribution in [0.15, 0.2) is 54.6 Å². The lowest BCUT2D eigenvalue weighted by Crippen LogP contribution is -2.04. The van der Waals surface area contributed by atoms with Crippen LogP contribution in [0.25, 0.3) is 0 Å². The summed E-state index contributed by atoms with van der Waals surface area (Å²) in [5.41, 5.74) is 2.35. The maximum absolute atomic E-state index is 5.51. The third-order valence-electron chi connectivity index (χ3n) is 2.75. The van der Waals surface area contributed by atoms with Crippen LogP contribution < -0.4 is 10.1 Å². The van der Waals surface area contributed by atoms with E-state index in [2.05, 4.69) is 17.4 Å². The van der Waals surface area contributed by atoms with Crippen LogP contribution in [-0.4, -0.2) is 20.3 Å². The Morgan fingerprint density at radius 2 is 1.63 bits per heavy atom. The van der Waals surface area contributed by atoms with Crippen molar-refractivity contribution in [3.05, 3.63) is 60.2 Å². The number of hydrogen-bond donors (Lipinski definition) is 1. The predicted octanol–water partition coefficient (Wildman–Crippen LogP) is 3.32. The zero-order chi connectivity index (χ0) is 13.3. The number of benzene rings is 2. The molecule has 100 valence electrons. The van der Waals surface area contributed by atoms with Gasteiger partial charge in [-0.15, -0.1) is 0 Å². The van der Waals surface area contributed by atoms with Crippen LogP contribution in [-0.2, 0) is 11.3 Å². The maximum Gasteiger partial charge on any atom is 0.119 e. The first-order valence-corrected chi connectivity index (χ1v) is 6.38. The molecule has 0 radical (unpaired) electrons. The fourth-order valence-corrected chi connectivity index (χ4v) is 1.71. The van der Waals surface area contributed by atoms with Crippen LogP contribution in [0.1, 0.15) is 5.56 Å². The lowest BCUT2D eigenvalue weighted by atomic mass is 10.2. The molecule has 0 aromatic heterocycles. The molecule has 0 bridgehead atoms. The number of methoxy groups -OCH3 is 1. The quantitative estimate of drug-likeness (QED) is 0.772. The van der Waals surface area contributed by atoms with Gasteiger partial charge in [0.15, 0.2) is 0 Å². The Bertz CT molecular complexity index is 468. The van der Waals surface area contributed by atoms with E-state index in [1.807, 2.05) is 42.5 Å². The molecule has 0 heterocycles. The second-order valence-corrected chi connectivity index (χ2v) is 4.20. The van der Waals surface area contributed by atoms with Crippen LogP contribution in [0, 0.1) is 0 Å². The van der Waals surface area contributed by atoms with Crippen molar-refractivity contribution in [2.75, 3.05) is 25.6 Å². The van der Waals surface area contributed by atoms with Crippen LogP contribution in [0.2, 0.25) is 0 Å². The normalized spacial score (nSPS) is 10.2. The van der Waals surface area contributed by atoms with Crippen LogP contribution in [0.5, 0.6) is 5.75 Å². The SMILES string of the molecule is COCCOc1ccc(NCc2ccccc2)cc1. The van der Waals surface area contributed by atoms with Crippen molar-refractivity contribution >= 4 is 5.69 Å². The summed E-state index contributed by atoms with van der Waals surface area (Å²) in [6.45, 7) is 2.01. The summed E-state index contributed by atoms with van der Waals surface area (Å²) in [6, 6.07) is 18.3. The van der Waals surface area contributed by atoms with Crippen molar-refractivity contribution in [3.8, 4) is 5.75 Å². The highest BCUT2D eigenvalue weighted by Gasteiger charge is 1.96. The molecule has 0 fully saturated rings. The van der Waals surface area contributed by atoms with Gasteiger partial charge in [-0.25, -0.2) is 0 Å². The molecule has 0 saturated heterocycles. The minimum atomic E-state index is 0.577. The third-order valence-corrected chi connectivity index (χ3v) is 2.75. The standard InChI is InChI=1S/C16H19NO2/c1-18-11-12-19-16-9-7-15(8-10-16)17-13-14-5-3-2-4-6-14/h2-10,17H,11-13H2,1H3. The van der Waals surface area contributed by atoms with E-state index in [4.69, 9.17) is 9.47 Å². The molecule has 0 amide bonds. The van der Waals surface area contributed by atoms with E-state index in [9.17, 15) is 0 Å². The Balaban J connectivity index is 1.81. The van der Waals surface area contributed by atoms with Crippen molar-refractivity contribution in [1.82, 2.24) is 0 Å². The molecule has 0 aliphatic heterocycles. The van der Waals surface area contributed by atoms with Gasteiger partial charge in [-0.2, -0.15) is 0 Å². The molecular formula is C16H19NO2. The number of rotatable bonds is 7. The zero-order valence-electron chi connectivity index (χ0n) is 11.1. The van der Waals surface area contributed by atoms with Gasteiger partial charge in [0, 0.05) is 19.3 Å². The first kappa shape index (κ1) is 13.4. The number of hydrogen-bond acceptors (Lipinski definition) is 3. The van der Waals surface area contributed by atoms with Crippen molar-refractivity contribution < 1.29 is 9.47 Å². The van der Waals surface area contributed by atoms with E-state index in [1.165, 1.54) is 5.56 Å². The predicted molar refractivity (Wildman–Crippen MR) is 77.6 cm³/mol. The van der Waals surface area contributed by atoms with E-state index < -0.39 is 0 Å². The Morgan fingerprint density at radius 1 is 0.895 bits per heavy atom. The summed E-state index contributed by atoms with van der Waals surface area (Å²) < 4.78 is 10.4. The van der Waals surface area contributed by atoms with Gasteiger partial charge in [-0.05, 0) is 29.8 Å². The summed E-state index contributed by atoms with van der Waals surface area (Å²) >= 11 is 0. The van der Waals surface area contributed by atoms with E-state index in [1.54, 1.807) is 7.11 Å². The van der Waals surface area contributed by atoms with Crippen molar-refractivity contribution in [2.24, 2.45) is 0 Å². The number of ether oxygens (including phenoxy) is 2. The molecule has 2 aromatic carbocycles. The monoisotopic (exact) mass is 257 g/mol. The molecule has 3 nitrogen and oxygen atoms in total. The minimum Gasteiger partial charge on any atom is -0.491 e. The Hall–Kier alpha value is -2.00. The van der Waals surface area contributed by atoms with Gasteiger partial charge in [-0.1, -0.05) is 30.3 Å². The number of nitrogens with one attached hydrogen (secondary N) is 1. The topological polar surface area (TPSA) is 30.5 Å². The van der Waals surface area contributed by atoms with Crippen LogP contribution in [0.4, 0.5) is 5.69 Å². The van der Waals surface area contributed by atoms with E-state index in [0.717, 1.165) is 18.0 Å². The largest absolute Gasteiger partial charge is 0.491 e. The smallest absolute Gasteiger partial charge is 0.119 e. The van der Waals surface area contributed by atoms with Gasteiger partial charge in [0.1, 0.15) is 12.4 Å². The average molecular weight is 257 g/mol. The lowest BCUT2D eigenvalue weighted by Gasteiger charge is -2.08. The molecule has 0 saturated carbocycles. The lowest BCUT2D eigenvalue weighted by molar-refractivity contribution is 0.146. The molecule has 2 rings (SSSR count). The Kier molecular flexibility index (Phi) is 5.26. The second kappa shape index (κ2) is 7.44. The molecule has 0 atom stereocenters. The fourth-order valence-electron chi connectivity index (χ4n) is 1.71. The van der Waals surface area contributed by atoms with E-state index in [0.29, 0.717) is 13.2 Å². The van der Waals surface area contributed by atoms with Crippen molar-refractivity contribution in [3.63, 3.8) is 0 Å². The molecule has 1 N–H and O–H groups in total. The van der Waals surface area contributed by atoms with Crippen molar-refractivity contribution in [2.45, 2.75) is 6.54 Å². The fraction of sp³-hybridized carbons (Fsp3) is 0.250. The van der Waals surface area contributed by atoms with Gasteiger partial charge < -0.3 is 14.8 Å². The summed E-state index contributed by atoms with van der Waals surface area (Å²) in [5.74, 6) is 0.863. The van der Waals surface area contributed by atoms with Crippen LogP contribution in [0.3, 0.4) is 0 Å². The average Bonchev–Trinajstić information content (AvgIpc) is 2.48. The highest BCUT2D eigenvalue weighted by molar-refractivity contribution is 5.46. The first-order valence-electron chi connectivity index (χ1n) is 6.38. The first-order chi connectivity index (χ1) is 9.38. The molecule has 3 heteroatoms. The summed E-state index contributed by atoms with van der Waals surface area (Å²) in [6.07, 6.45) is 0. The summed E-state index contributed by atoms with van der Waals surface area (Å²) in [4.78, 5) is 0. The van der Waals surface area contributed by atoms with E-state index in [-0.39, 0.29) is 0 Å². The summed E-state index contributed by atoms with van der Waals surface area (Å²) in [5, 5.41) is 3.38. The van der Waals surface area contributed by atoms with Crippen LogP contribution >= 0.6 is 0 Å². The third kappa shape index (κ3) is 4.64. The molecular weight excluding hydrogens is 238 g/mol. The number of anilines is 1. The van der Waals surface area contributed by atoms with Gasteiger partial charge in [0.25, 0.3) is 0 Å². The molecule has 0 spiro atoms. The van der Waals surface area contributed by atoms with Gasteiger partial charge in [0.2, 0.25) is 0 Å². The molecule has 19 heavy (non-hydrogen) atoms. The Morgan fingerprint density at radius 3 is 2.32 bits per heavy atom. The minimum absolute atomic E-state index is 0.577. The second-order valence-electron chi connectivity index (χ2n) is 4.20. The maximum atomic E-state index is 5.51. The highest BCUT2D eigenvalue weighted by Crippen LogP contribution is 2.16. The molecule has 0 unspecified atom stereocenters. The molecule has 2 aromatic rings. The zero-order valence-corrected chi connectivity index (χ0v) is 11.1. The van der Waals surface area contributed by atoms with Gasteiger partial charge in [0.05, 0.1) is 6.61 Å². The molecule has 0 aliphatic carbocycles. The molecule has 0 aliphatic rings. The highest BCUT2D eigenvalue weighted by atomic mass is 16.5. The Labute approximate surface area is 114 Å². The van der Waals surface area contributed by atoms with Crippen molar-refractivity contribution in [1.29, 1.82) is 0 Å². The van der Waals surface area contributed by atoms with E-state index >= 15 is 0 Å².